The molecule has 0 saturated heterocycles. The van der Waals surface area contributed by atoms with Gasteiger partial charge in [0.2, 0.25) is 5.91 Å². The van der Waals surface area contributed by atoms with Crippen LogP contribution in [0, 0.1) is 0 Å². The van der Waals surface area contributed by atoms with E-state index in [1.807, 2.05) is 0 Å². The Kier molecular flexibility index (Phi) is 30.7. The molecule has 3 amide bonds. The lowest BCUT2D eigenvalue weighted by Crippen LogP contribution is -2.35. The van der Waals surface area contributed by atoms with Crippen LogP contribution in [0.25, 0.3) is 0 Å². The average molecular weight is 682 g/mol. The summed E-state index contributed by atoms with van der Waals surface area (Å²) in [6.45, 7) is 7.30. The zero-order valence-corrected chi connectivity index (χ0v) is 26.9. The summed E-state index contributed by atoms with van der Waals surface area (Å²) in [6.07, 6.45) is 2.41. The van der Waals surface area contributed by atoms with Crippen molar-refractivity contribution in [1.82, 2.24) is 10.2 Å². The van der Waals surface area contributed by atoms with Gasteiger partial charge in [0.25, 0.3) is 11.8 Å². The summed E-state index contributed by atoms with van der Waals surface area (Å²) in [5, 5.41) is 19.4. The van der Waals surface area contributed by atoms with Gasteiger partial charge in [0.05, 0.1) is 119 Å². The topological polar surface area (TPSA) is 241 Å². The van der Waals surface area contributed by atoms with Crippen LogP contribution in [-0.4, -0.2) is 170 Å². The van der Waals surface area contributed by atoms with E-state index < -0.39 is 23.8 Å². The number of imide groups is 1. The van der Waals surface area contributed by atoms with Gasteiger partial charge in [-0.05, 0) is 0 Å². The molecule has 1 aliphatic heterocycles. The Hall–Kier alpha value is -3.07. The van der Waals surface area contributed by atoms with Crippen molar-refractivity contribution in [3.05, 3.63) is 12.2 Å². The molecule has 5 N–H and O–H groups in total. The largest absolute Gasteiger partial charge is 0.481 e. The van der Waals surface area contributed by atoms with Crippen molar-refractivity contribution in [3.63, 3.8) is 0 Å². The van der Waals surface area contributed by atoms with Crippen molar-refractivity contribution in [1.29, 1.82) is 0 Å². The van der Waals surface area contributed by atoms with Crippen molar-refractivity contribution in [3.8, 4) is 0 Å². The predicted molar refractivity (Wildman–Crippen MR) is 164 cm³/mol. The highest BCUT2D eigenvalue weighted by atomic mass is 16.6. The maximum atomic E-state index is 11.7. The third-order valence-corrected chi connectivity index (χ3v) is 5.45. The number of amides is 3. The van der Waals surface area contributed by atoms with E-state index in [0.29, 0.717) is 106 Å². The minimum Gasteiger partial charge on any atom is -0.481 e. The van der Waals surface area contributed by atoms with Crippen LogP contribution < -0.4 is 11.1 Å². The Labute approximate surface area is 274 Å². The van der Waals surface area contributed by atoms with Crippen LogP contribution in [0.3, 0.4) is 0 Å². The molecule has 47 heavy (non-hydrogen) atoms. The summed E-state index contributed by atoms with van der Waals surface area (Å²) in [7, 11) is 0. The summed E-state index contributed by atoms with van der Waals surface area (Å²) in [4.78, 5) is 55.8. The summed E-state index contributed by atoms with van der Waals surface area (Å²) in [5.74, 6) is -2.82. The van der Waals surface area contributed by atoms with E-state index >= 15 is 0 Å². The molecule has 0 aromatic rings. The molecule has 0 saturated carbocycles. The Morgan fingerprint density at radius 1 is 0.553 bits per heavy atom. The van der Waals surface area contributed by atoms with Gasteiger partial charge in [-0.1, -0.05) is 0 Å². The Bertz CT molecular complexity index is 858. The lowest BCUT2D eigenvalue weighted by Gasteiger charge is -2.13. The van der Waals surface area contributed by atoms with E-state index in [1.165, 1.54) is 12.2 Å². The number of nitrogens with zero attached hydrogens (tertiary/aromatic N) is 1. The molecule has 0 unspecified atom stereocenters. The third-order valence-electron chi connectivity index (χ3n) is 5.45. The van der Waals surface area contributed by atoms with E-state index in [0.717, 1.165) is 4.90 Å². The number of ether oxygens (including phenoxy) is 8. The Morgan fingerprint density at radius 2 is 0.894 bits per heavy atom. The number of hydrogen-bond donors (Lipinski definition) is 4. The molecule has 1 aliphatic rings. The Balaban J connectivity index is 0.00000101. The van der Waals surface area contributed by atoms with Crippen LogP contribution in [-0.2, 0) is 61.9 Å². The van der Waals surface area contributed by atoms with Gasteiger partial charge in [-0.3, -0.25) is 28.9 Å². The number of nitrogens with two attached hydrogens (primary N) is 1. The number of rotatable bonds is 32. The molecule has 0 spiro atoms. The highest BCUT2D eigenvalue weighted by Crippen LogP contribution is 2.03. The van der Waals surface area contributed by atoms with Crippen molar-refractivity contribution in [2.24, 2.45) is 5.73 Å². The van der Waals surface area contributed by atoms with Crippen LogP contribution in [0.4, 0.5) is 0 Å². The zero-order valence-electron chi connectivity index (χ0n) is 26.9. The zero-order chi connectivity index (χ0) is 34.8. The first-order valence-corrected chi connectivity index (χ1v) is 15.3. The van der Waals surface area contributed by atoms with E-state index in [1.54, 1.807) is 0 Å². The number of carbonyl (C=O) groups is 5. The highest BCUT2D eigenvalue weighted by molar-refractivity contribution is 6.13. The van der Waals surface area contributed by atoms with Crippen LogP contribution >= 0.6 is 0 Å². The summed E-state index contributed by atoms with van der Waals surface area (Å²) in [5.41, 5.74) is 5.25. The molecule has 18 nitrogen and oxygen atoms in total. The molecule has 1 rings (SSSR count). The number of carbonyl (C=O) groups excluding carboxylic acids is 3. The third kappa shape index (κ3) is 31.3. The first-order valence-electron chi connectivity index (χ1n) is 15.3. The van der Waals surface area contributed by atoms with Crippen LogP contribution in [0.2, 0.25) is 0 Å². The standard InChI is InChI=1S/C18H28N2O9.C11H23NO6/c21-15(3-6-20-16(22)1-2-17(20)23)19-5-8-27-10-12-29-14-13-28-11-9-26-7-4-18(24)25;12-2-4-16-6-8-18-10-9-17-7-5-15-3-1-11(13)14/h1-2H,3-14H2,(H,19,21)(H,24,25);1-10,12H2,(H,13,14). The summed E-state index contributed by atoms with van der Waals surface area (Å²) in [6, 6.07) is 0. The van der Waals surface area contributed by atoms with Crippen molar-refractivity contribution in [2.75, 3.05) is 125 Å². The molecule has 0 radical (unpaired) electrons. The fraction of sp³-hybridized carbons (Fsp3) is 0.759. The quantitative estimate of drug-likeness (QED) is 0.0464. The molecule has 18 heteroatoms. The molecule has 0 atom stereocenters. The van der Waals surface area contributed by atoms with Gasteiger partial charge >= 0.3 is 11.9 Å². The molecule has 272 valence electrons. The molecular weight excluding hydrogens is 630 g/mol. The van der Waals surface area contributed by atoms with E-state index in [9.17, 15) is 24.0 Å². The van der Waals surface area contributed by atoms with Gasteiger partial charge in [-0.25, -0.2) is 0 Å². The first kappa shape index (κ1) is 43.9. The molecule has 0 bridgehead atoms. The van der Waals surface area contributed by atoms with Gasteiger partial charge in [-0.15, -0.1) is 0 Å². The van der Waals surface area contributed by atoms with Gasteiger partial charge in [-0.2, -0.15) is 0 Å². The van der Waals surface area contributed by atoms with Crippen molar-refractivity contribution < 1.29 is 72.1 Å². The van der Waals surface area contributed by atoms with Crippen LogP contribution in [0.1, 0.15) is 19.3 Å². The van der Waals surface area contributed by atoms with Gasteiger partial charge in [0, 0.05) is 38.2 Å². The molecule has 0 fully saturated rings. The van der Waals surface area contributed by atoms with E-state index in [4.69, 9.17) is 53.8 Å². The van der Waals surface area contributed by atoms with Crippen molar-refractivity contribution in [2.45, 2.75) is 19.3 Å². The van der Waals surface area contributed by atoms with Crippen LogP contribution in [0.15, 0.2) is 12.2 Å². The molecule has 0 aliphatic carbocycles. The maximum absolute atomic E-state index is 11.7. The summed E-state index contributed by atoms with van der Waals surface area (Å²) >= 11 is 0. The second-order valence-corrected chi connectivity index (χ2v) is 9.24. The smallest absolute Gasteiger partial charge is 0.305 e. The highest BCUT2D eigenvalue weighted by Gasteiger charge is 2.23. The van der Waals surface area contributed by atoms with Gasteiger partial charge in [0.15, 0.2) is 0 Å². The monoisotopic (exact) mass is 681 g/mol. The lowest BCUT2D eigenvalue weighted by atomic mass is 10.3. The lowest BCUT2D eigenvalue weighted by molar-refractivity contribution is -0.139. The predicted octanol–water partition coefficient (Wildman–Crippen LogP) is -1.55. The van der Waals surface area contributed by atoms with Gasteiger partial charge in [0.1, 0.15) is 0 Å². The number of carboxylic acid groups (broad SMARTS) is 2. The average Bonchev–Trinajstić information content (AvgIpc) is 3.36. The van der Waals surface area contributed by atoms with Crippen molar-refractivity contribution >= 4 is 29.7 Å². The minimum atomic E-state index is -0.894. The number of nitrogens with one attached hydrogen (secondary N) is 1. The second-order valence-electron chi connectivity index (χ2n) is 9.24. The SMILES string of the molecule is NCCOCCOCCOCCOCCC(=O)O.O=C(O)CCOCCOCCOCCOCCNC(=O)CCN1C(=O)C=CC1=O. The Morgan fingerprint density at radius 3 is 1.26 bits per heavy atom. The number of carboxylic acids is 2. The number of hydrogen-bond acceptors (Lipinski definition) is 14. The van der Waals surface area contributed by atoms with E-state index in [2.05, 4.69) is 5.32 Å². The maximum Gasteiger partial charge on any atom is 0.305 e. The molecular formula is C29H51N3O15. The first-order chi connectivity index (χ1) is 22.8. The van der Waals surface area contributed by atoms with E-state index in [-0.39, 0.29) is 44.9 Å². The van der Waals surface area contributed by atoms with Gasteiger partial charge < -0.3 is 59.2 Å². The molecule has 0 aromatic carbocycles. The molecule has 1 heterocycles. The minimum absolute atomic E-state index is 0.0198. The normalized spacial score (nSPS) is 12.3. The van der Waals surface area contributed by atoms with Crippen LogP contribution in [0.5, 0.6) is 0 Å². The number of aliphatic carboxylic acids is 2. The summed E-state index contributed by atoms with van der Waals surface area (Å²) < 4.78 is 41.5. The molecule has 0 aromatic heterocycles. The second kappa shape index (κ2) is 32.9. The fourth-order valence-corrected chi connectivity index (χ4v) is 3.14. The fourth-order valence-electron chi connectivity index (χ4n) is 3.14.